The molecule has 0 saturated carbocycles. The number of carbonyl (C=O) groups excluding carboxylic acids is 1. The van der Waals surface area contributed by atoms with Crippen LogP contribution in [0.4, 0.5) is 0 Å². The second-order valence-corrected chi connectivity index (χ2v) is 6.95. The highest BCUT2D eigenvalue weighted by molar-refractivity contribution is 5.79. The normalized spacial score (nSPS) is 29.8. The van der Waals surface area contributed by atoms with Crippen LogP contribution < -0.4 is 0 Å². The zero-order valence-electron chi connectivity index (χ0n) is 14.1. The molecule has 2 aliphatic heterocycles. The Balaban J connectivity index is 1.60. The van der Waals surface area contributed by atoms with Gasteiger partial charge in [-0.25, -0.2) is 0 Å². The summed E-state index contributed by atoms with van der Waals surface area (Å²) in [6.45, 7) is 2.85. The lowest BCUT2D eigenvalue weighted by molar-refractivity contribution is -0.141. The van der Waals surface area contributed by atoms with Gasteiger partial charge in [0, 0.05) is 25.4 Å². The molecule has 1 amide bonds. The average Bonchev–Trinajstić information content (AvgIpc) is 3.20. The molecular formula is C19H25NO4. The number of carboxylic acid groups (broad SMARTS) is 1. The molecule has 5 heteroatoms. The van der Waals surface area contributed by atoms with Gasteiger partial charge in [-0.3, -0.25) is 9.59 Å². The molecule has 2 unspecified atom stereocenters. The van der Waals surface area contributed by atoms with Gasteiger partial charge >= 0.3 is 5.97 Å². The summed E-state index contributed by atoms with van der Waals surface area (Å²) in [5.41, 5.74) is 0.994. The Kier molecular flexibility index (Phi) is 5.19. The third-order valence-corrected chi connectivity index (χ3v) is 5.22. The molecule has 0 radical (unpaired) electrons. The summed E-state index contributed by atoms with van der Waals surface area (Å²) < 4.78 is 5.76. The van der Waals surface area contributed by atoms with Crippen molar-refractivity contribution < 1.29 is 19.4 Å². The second-order valence-electron chi connectivity index (χ2n) is 6.95. The van der Waals surface area contributed by atoms with Gasteiger partial charge in [-0.2, -0.15) is 0 Å². The molecule has 2 fully saturated rings. The largest absolute Gasteiger partial charge is 0.481 e. The molecule has 0 aromatic heterocycles. The first-order valence-electron chi connectivity index (χ1n) is 8.75. The predicted octanol–water partition coefficient (Wildman–Crippen LogP) is 2.66. The second kappa shape index (κ2) is 7.34. The fourth-order valence-electron chi connectivity index (χ4n) is 3.84. The molecule has 2 saturated heterocycles. The zero-order chi connectivity index (χ0) is 17.1. The molecule has 5 nitrogen and oxygen atoms in total. The maximum atomic E-state index is 12.5. The highest BCUT2D eigenvalue weighted by atomic mass is 16.5. The highest BCUT2D eigenvalue weighted by Gasteiger charge is 2.40. The topological polar surface area (TPSA) is 66.8 Å². The first kappa shape index (κ1) is 17.0. The van der Waals surface area contributed by atoms with Crippen LogP contribution >= 0.6 is 0 Å². The quantitative estimate of drug-likeness (QED) is 0.901. The van der Waals surface area contributed by atoms with Gasteiger partial charge in [0.15, 0.2) is 0 Å². The summed E-state index contributed by atoms with van der Waals surface area (Å²) >= 11 is 0. The Bertz CT molecular complexity index is 588. The maximum Gasteiger partial charge on any atom is 0.308 e. The molecular weight excluding hydrogens is 306 g/mol. The molecule has 0 bridgehead atoms. The average molecular weight is 331 g/mol. The molecule has 0 aliphatic carbocycles. The van der Waals surface area contributed by atoms with E-state index >= 15 is 0 Å². The van der Waals surface area contributed by atoms with Crippen LogP contribution in [0, 0.1) is 5.92 Å². The lowest BCUT2D eigenvalue weighted by atomic mass is 9.89. The van der Waals surface area contributed by atoms with Crippen LogP contribution in [0.3, 0.4) is 0 Å². The van der Waals surface area contributed by atoms with Crippen LogP contribution in [-0.2, 0) is 14.3 Å². The fraction of sp³-hybridized carbons (Fsp3) is 0.579. The molecule has 4 atom stereocenters. The van der Waals surface area contributed by atoms with E-state index in [1.54, 1.807) is 4.90 Å². The third kappa shape index (κ3) is 3.78. The van der Waals surface area contributed by atoms with Crippen molar-refractivity contribution in [1.29, 1.82) is 0 Å². The van der Waals surface area contributed by atoms with Gasteiger partial charge < -0.3 is 14.7 Å². The summed E-state index contributed by atoms with van der Waals surface area (Å²) in [5, 5.41) is 9.52. The minimum absolute atomic E-state index is 0.0443. The minimum atomic E-state index is -0.827. The van der Waals surface area contributed by atoms with Gasteiger partial charge in [-0.05, 0) is 31.7 Å². The number of aliphatic carboxylic acids is 1. The van der Waals surface area contributed by atoms with Gasteiger partial charge in [-0.15, -0.1) is 0 Å². The van der Waals surface area contributed by atoms with Crippen molar-refractivity contribution in [3.63, 3.8) is 0 Å². The molecule has 1 aromatic rings. The van der Waals surface area contributed by atoms with Crippen molar-refractivity contribution in [2.24, 2.45) is 5.92 Å². The third-order valence-electron chi connectivity index (χ3n) is 5.22. The van der Waals surface area contributed by atoms with Crippen molar-refractivity contribution in [2.75, 3.05) is 13.1 Å². The summed E-state index contributed by atoms with van der Waals surface area (Å²) in [4.78, 5) is 25.8. The number of hydrogen-bond acceptors (Lipinski definition) is 3. The van der Waals surface area contributed by atoms with E-state index in [2.05, 4.69) is 6.92 Å². The number of carbonyl (C=O) groups is 2. The number of amides is 1. The molecule has 3 rings (SSSR count). The van der Waals surface area contributed by atoms with E-state index < -0.39 is 11.9 Å². The van der Waals surface area contributed by atoms with Gasteiger partial charge in [0.1, 0.15) is 0 Å². The maximum absolute atomic E-state index is 12.5. The van der Waals surface area contributed by atoms with Crippen LogP contribution in [0.15, 0.2) is 30.3 Å². The molecule has 24 heavy (non-hydrogen) atoms. The number of benzene rings is 1. The van der Waals surface area contributed by atoms with Crippen LogP contribution in [0.2, 0.25) is 0 Å². The van der Waals surface area contributed by atoms with Crippen LogP contribution in [0.25, 0.3) is 0 Å². The number of rotatable bonds is 5. The number of likely N-dealkylation sites (tertiary alicyclic amines) is 1. The first-order valence-corrected chi connectivity index (χ1v) is 8.75. The predicted molar refractivity (Wildman–Crippen MR) is 89.7 cm³/mol. The molecule has 1 aromatic carbocycles. The van der Waals surface area contributed by atoms with Crippen molar-refractivity contribution >= 4 is 11.9 Å². The van der Waals surface area contributed by atoms with Crippen molar-refractivity contribution in [3.8, 4) is 0 Å². The molecule has 2 aliphatic rings. The summed E-state index contributed by atoms with van der Waals surface area (Å²) in [6.07, 6.45) is 3.69. The highest BCUT2D eigenvalue weighted by Crippen LogP contribution is 2.33. The number of carboxylic acids is 1. The van der Waals surface area contributed by atoms with Crippen LogP contribution in [-0.4, -0.2) is 47.2 Å². The van der Waals surface area contributed by atoms with Gasteiger partial charge in [0.2, 0.25) is 5.91 Å². The number of ether oxygens (including phenoxy) is 1. The smallest absolute Gasteiger partial charge is 0.308 e. The van der Waals surface area contributed by atoms with Gasteiger partial charge in [0.25, 0.3) is 0 Å². The van der Waals surface area contributed by atoms with Crippen LogP contribution in [0.1, 0.15) is 44.1 Å². The molecule has 2 heterocycles. The Morgan fingerprint density at radius 1 is 1.21 bits per heavy atom. The standard InChI is InChI=1S/C19H25NO4/c1-13-7-8-15(24-13)9-10-18(21)20-11-16(17(12-20)19(22)23)14-5-3-2-4-6-14/h2-6,13,15-17H,7-12H2,1H3,(H,22,23)/t13?,15?,16-,17-/m0/s1. The van der Waals surface area contributed by atoms with Crippen LogP contribution in [0.5, 0.6) is 0 Å². The SMILES string of the molecule is CC1CCC(CCC(=O)N2C[C@H](C(=O)O)[C@H](c3ccccc3)C2)O1. The Hall–Kier alpha value is -1.88. The van der Waals surface area contributed by atoms with Gasteiger partial charge in [0.05, 0.1) is 18.1 Å². The zero-order valence-corrected chi connectivity index (χ0v) is 14.1. The van der Waals surface area contributed by atoms with E-state index in [-0.39, 0.29) is 24.0 Å². The van der Waals surface area contributed by atoms with E-state index in [1.807, 2.05) is 30.3 Å². The molecule has 0 spiro atoms. The minimum Gasteiger partial charge on any atom is -0.481 e. The van der Waals surface area contributed by atoms with E-state index in [1.165, 1.54) is 0 Å². The number of hydrogen-bond donors (Lipinski definition) is 1. The van der Waals surface area contributed by atoms with Gasteiger partial charge in [-0.1, -0.05) is 30.3 Å². The lowest BCUT2D eigenvalue weighted by Gasteiger charge is -2.18. The Labute approximate surface area is 142 Å². The van der Waals surface area contributed by atoms with E-state index in [9.17, 15) is 14.7 Å². The fourth-order valence-corrected chi connectivity index (χ4v) is 3.84. The van der Waals surface area contributed by atoms with E-state index in [0.29, 0.717) is 19.5 Å². The summed E-state index contributed by atoms with van der Waals surface area (Å²) in [7, 11) is 0. The van der Waals surface area contributed by atoms with Crippen molar-refractivity contribution in [1.82, 2.24) is 4.90 Å². The monoisotopic (exact) mass is 331 g/mol. The summed E-state index contributed by atoms with van der Waals surface area (Å²) in [5.74, 6) is -1.44. The molecule has 1 N–H and O–H groups in total. The van der Waals surface area contributed by atoms with E-state index in [4.69, 9.17) is 4.74 Å². The number of nitrogens with zero attached hydrogens (tertiary/aromatic N) is 1. The molecule has 130 valence electrons. The van der Waals surface area contributed by atoms with Crippen molar-refractivity contribution in [3.05, 3.63) is 35.9 Å². The van der Waals surface area contributed by atoms with Crippen molar-refractivity contribution in [2.45, 2.75) is 50.7 Å². The summed E-state index contributed by atoms with van der Waals surface area (Å²) in [6, 6.07) is 9.64. The Morgan fingerprint density at radius 3 is 2.58 bits per heavy atom. The lowest BCUT2D eigenvalue weighted by Crippen LogP contribution is -2.30. The first-order chi connectivity index (χ1) is 11.5. The van der Waals surface area contributed by atoms with E-state index in [0.717, 1.165) is 24.8 Å². The Morgan fingerprint density at radius 2 is 1.96 bits per heavy atom.